The zero-order chi connectivity index (χ0) is 14.8. The van der Waals surface area contributed by atoms with E-state index in [-0.39, 0.29) is 13.1 Å². The van der Waals surface area contributed by atoms with E-state index in [0.29, 0.717) is 5.75 Å². The average molecular weight is 278 g/mol. The summed E-state index contributed by atoms with van der Waals surface area (Å²) in [7, 11) is 1.57. The Balaban J connectivity index is 2.13. The van der Waals surface area contributed by atoms with Crippen molar-refractivity contribution in [1.82, 2.24) is 4.90 Å². The van der Waals surface area contributed by atoms with Crippen molar-refractivity contribution in [2.24, 2.45) is 5.11 Å². The smallest absolute Gasteiger partial charge is 0.260 e. The number of likely N-dealkylation sites (tertiary alicyclic amines) is 1. The molecule has 0 aliphatic carbocycles. The minimum atomic E-state index is -2.14. The lowest BCUT2D eigenvalue weighted by atomic mass is 10.0. The van der Waals surface area contributed by atoms with Crippen LogP contribution in [0.1, 0.15) is 12.5 Å². The number of methoxy groups -OCH3 is 1. The molecule has 2 atom stereocenters. The van der Waals surface area contributed by atoms with Crippen molar-refractivity contribution in [1.29, 1.82) is 0 Å². The number of ether oxygens (including phenoxy) is 1. The third-order valence-electron chi connectivity index (χ3n) is 3.45. The van der Waals surface area contributed by atoms with Crippen molar-refractivity contribution < 1.29 is 13.9 Å². The Morgan fingerprint density at radius 2 is 2.20 bits per heavy atom. The Bertz CT molecular complexity index is 552. The fraction of sp³-hybridized carbons (Fsp3) is 0.462. The summed E-state index contributed by atoms with van der Waals surface area (Å²) < 4.78 is 19.3. The fourth-order valence-electron chi connectivity index (χ4n) is 2.21. The lowest BCUT2D eigenvalue weighted by Crippen LogP contribution is -2.37. The van der Waals surface area contributed by atoms with Gasteiger partial charge < -0.3 is 9.64 Å². The first-order chi connectivity index (χ1) is 9.48. The van der Waals surface area contributed by atoms with Gasteiger partial charge in [0.2, 0.25) is 0 Å². The number of amides is 1. The van der Waals surface area contributed by atoms with Gasteiger partial charge in [-0.3, -0.25) is 4.79 Å². The van der Waals surface area contributed by atoms with E-state index in [1.165, 1.54) is 4.90 Å². The molecule has 0 saturated carbocycles. The van der Waals surface area contributed by atoms with Gasteiger partial charge in [-0.2, -0.15) is 0 Å². The van der Waals surface area contributed by atoms with Gasteiger partial charge in [-0.05, 0) is 30.2 Å². The number of carbonyl (C=O) groups excluding carboxylic acids is 1. The summed E-state index contributed by atoms with van der Waals surface area (Å²) in [6.07, 6.45) is 0. The van der Waals surface area contributed by atoms with Crippen LogP contribution in [0.4, 0.5) is 4.39 Å². The predicted octanol–water partition coefficient (Wildman–Crippen LogP) is 2.44. The molecule has 0 bridgehead atoms. The maximum absolute atomic E-state index is 14.3. The molecule has 0 radical (unpaired) electrons. The van der Waals surface area contributed by atoms with Crippen molar-refractivity contribution in [2.75, 3.05) is 13.7 Å². The van der Waals surface area contributed by atoms with E-state index in [0.717, 1.165) is 12.5 Å². The van der Waals surface area contributed by atoms with Crippen molar-refractivity contribution in [2.45, 2.75) is 25.2 Å². The van der Waals surface area contributed by atoms with E-state index in [2.05, 4.69) is 10.0 Å². The number of azide groups is 1. The van der Waals surface area contributed by atoms with Crippen LogP contribution in [-0.4, -0.2) is 36.2 Å². The molecule has 1 aliphatic heterocycles. The molecular weight excluding hydrogens is 263 g/mol. The Morgan fingerprint density at radius 1 is 1.55 bits per heavy atom. The average Bonchev–Trinajstić information content (AvgIpc) is 2.64. The van der Waals surface area contributed by atoms with E-state index in [1.54, 1.807) is 19.2 Å². The molecule has 1 aromatic rings. The Hall–Kier alpha value is -2.27. The molecule has 1 aliphatic rings. The van der Waals surface area contributed by atoms with Crippen LogP contribution >= 0.6 is 0 Å². The molecule has 0 spiro atoms. The molecule has 20 heavy (non-hydrogen) atoms. The van der Waals surface area contributed by atoms with Gasteiger partial charge in [0.1, 0.15) is 5.75 Å². The first-order valence-electron chi connectivity index (χ1n) is 6.14. The summed E-state index contributed by atoms with van der Waals surface area (Å²) in [5.41, 5.74) is 7.14. The van der Waals surface area contributed by atoms with Crippen molar-refractivity contribution >= 4 is 5.91 Å². The summed E-state index contributed by atoms with van der Waals surface area (Å²) in [5, 5.41) is 3.37. The van der Waals surface area contributed by atoms with E-state index < -0.39 is 17.6 Å². The highest BCUT2D eigenvalue weighted by Crippen LogP contribution is 2.31. The number of halogens is 1. The number of hydrogen-bond acceptors (Lipinski definition) is 3. The molecule has 0 unspecified atom stereocenters. The van der Waals surface area contributed by atoms with Crippen molar-refractivity contribution in [3.63, 3.8) is 0 Å². The molecule has 1 aromatic carbocycles. The first-order valence-corrected chi connectivity index (χ1v) is 6.14. The van der Waals surface area contributed by atoms with Gasteiger partial charge in [0.15, 0.2) is 5.67 Å². The second kappa shape index (κ2) is 5.38. The molecular formula is C13H15FN4O2. The second-order valence-corrected chi connectivity index (χ2v) is 4.83. The highest BCUT2D eigenvalue weighted by Gasteiger charge is 2.51. The van der Waals surface area contributed by atoms with E-state index in [1.807, 2.05) is 12.1 Å². The van der Waals surface area contributed by atoms with Gasteiger partial charge in [-0.25, -0.2) is 4.39 Å². The standard InChI is InChI=1S/C13H15FN4O2/c1-13(14)11(16-17-15)8-18(12(13)19)7-9-3-5-10(20-2)6-4-9/h3-6,11H,7-8H2,1-2H3/t11-,13-/m1/s1. The van der Waals surface area contributed by atoms with E-state index in [9.17, 15) is 9.18 Å². The van der Waals surface area contributed by atoms with Crippen LogP contribution in [-0.2, 0) is 11.3 Å². The largest absolute Gasteiger partial charge is 0.497 e. The van der Waals surface area contributed by atoms with Crippen molar-refractivity contribution in [3.05, 3.63) is 40.3 Å². The number of nitrogens with zero attached hydrogens (tertiary/aromatic N) is 4. The predicted molar refractivity (Wildman–Crippen MR) is 70.9 cm³/mol. The van der Waals surface area contributed by atoms with Gasteiger partial charge >= 0.3 is 0 Å². The van der Waals surface area contributed by atoms with Crippen LogP contribution in [0.25, 0.3) is 10.4 Å². The molecule has 106 valence electrons. The first kappa shape index (κ1) is 14.1. The molecule has 0 N–H and O–H groups in total. The summed E-state index contributed by atoms with van der Waals surface area (Å²) in [6, 6.07) is 6.17. The van der Waals surface area contributed by atoms with Crippen LogP contribution < -0.4 is 4.74 Å². The summed E-state index contributed by atoms with van der Waals surface area (Å²) >= 11 is 0. The zero-order valence-electron chi connectivity index (χ0n) is 11.3. The summed E-state index contributed by atoms with van der Waals surface area (Å²) in [6.45, 7) is 1.52. The van der Waals surface area contributed by atoms with E-state index >= 15 is 0 Å². The van der Waals surface area contributed by atoms with Gasteiger partial charge in [-0.15, -0.1) is 0 Å². The normalized spacial score (nSPS) is 25.4. The Morgan fingerprint density at radius 3 is 2.75 bits per heavy atom. The number of carbonyl (C=O) groups is 1. The van der Waals surface area contributed by atoms with Gasteiger partial charge in [0.05, 0.1) is 13.2 Å². The van der Waals surface area contributed by atoms with Gasteiger partial charge in [0, 0.05) is 18.0 Å². The second-order valence-electron chi connectivity index (χ2n) is 4.83. The number of alkyl halides is 1. The van der Waals surface area contributed by atoms with Crippen LogP contribution in [0.15, 0.2) is 29.4 Å². The number of rotatable bonds is 4. The highest BCUT2D eigenvalue weighted by atomic mass is 19.1. The zero-order valence-corrected chi connectivity index (χ0v) is 11.3. The summed E-state index contributed by atoms with van der Waals surface area (Å²) in [5.74, 6) is 0.0644. The minimum absolute atomic E-state index is 0.0852. The van der Waals surface area contributed by atoms with Crippen LogP contribution in [0.3, 0.4) is 0 Å². The van der Waals surface area contributed by atoms with Crippen molar-refractivity contribution in [3.8, 4) is 5.75 Å². The van der Waals surface area contributed by atoms with E-state index in [4.69, 9.17) is 10.3 Å². The molecule has 7 heteroatoms. The Kier molecular flexibility index (Phi) is 3.81. The molecule has 2 rings (SSSR count). The summed E-state index contributed by atoms with van der Waals surface area (Å²) in [4.78, 5) is 15.9. The number of hydrogen-bond donors (Lipinski definition) is 0. The topological polar surface area (TPSA) is 78.3 Å². The van der Waals surface area contributed by atoms with Gasteiger partial charge in [-0.1, -0.05) is 17.2 Å². The molecule has 1 amide bonds. The fourth-order valence-corrected chi connectivity index (χ4v) is 2.21. The molecule has 0 aromatic heterocycles. The molecule has 1 fully saturated rings. The SMILES string of the molecule is COc1ccc(CN2C[C@@H](N=[N+]=[N-])[C@@](C)(F)C2=O)cc1. The third kappa shape index (κ3) is 2.53. The quantitative estimate of drug-likeness (QED) is 0.481. The Labute approximate surface area is 115 Å². The monoisotopic (exact) mass is 278 g/mol. The maximum atomic E-state index is 14.3. The molecule has 6 nitrogen and oxygen atoms in total. The van der Waals surface area contributed by atoms with Crippen LogP contribution in [0, 0.1) is 0 Å². The molecule has 1 saturated heterocycles. The highest BCUT2D eigenvalue weighted by molar-refractivity contribution is 5.88. The van der Waals surface area contributed by atoms with Crippen LogP contribution in [0.2, 0.25) is 0 Å². The molecule has 1 heterocycles. The lowest BCUT2D eigenvalue weighted by Gasteiger charge is -2.17. The van der Waals surface area contributed by atoms with Crippen LogP contribution in [0.5, 0.6) is 5.75 Å². The maximum Gasteiger partial charge on any atom is 0.260 e. The lowest BCUT2D eigenvalue weighted by molar-refractivity contribution is -0.137. The number of benzene rings is 1. The minimum Gasteiger partial charge on any atom is -0.497 e. The van der Waals surface area contributed by atoms with Gasteiger partial charge in [0.25, 0.3) is 5.91 Å². The third-order valence-corrected chi connectivity index (χ3v) is 3.45.